The molecule has 112 valence electrons. The van der Waals surface area contributed by atoms with Gasteiger partial charge in [-0.25, -0.2) is 0 Å². The fourth-order valence-corrected chi connectivity index (χ4v) is 4.12. The van der Waals surface area contributed by atoms with Gasteiger partial charge >= 0.3 is 0 Å². The lowest BCUT2D eigenvalue weighted by molar-refractivity contribution is 0.148. The van der Waals surface area contributed by atoms with Crippen molar-refractivity contribution < 1.29 is 0 Å². The van der Waals surface area contributed by atoms with Crippen LogP contribution in [0.25, 0.3) is 0 Å². The van der Waals surface area contributed by atoms with E-state index in [1.165, 1.54) is 64.2 Å². The van der Waals surface area contributed by atoms with Gasteiger partial charge in [0.25, 0.3) is 0 Å². The molecule has 0 aromatic rings. The van der Waals surface area contributed by atoms with Gasteiger partial charge < -0.3 is 11.1 Å². The number of nitrogens with two attached hydrogens (primary N) is 1. The molecule has 2 aliphatic rings. The second-order valence-corrected chi connectivity index (χ2v) is 7.40. The van der Waals surface area contributed by atoms with E-state index in [1.54, 1.807) is 0 Å². The lowest BCUT2D eigenvalue weighted by Crippen LogP contribution is -2.57. The molecule has 0 heterocycles. The Labute approximate surface area is 119 Å². The van der Waals surface area contributed by atoms with Gasteiger partial charge in [-0.05, 0) is 50.4 Å². The highest BCUT2D eigenvalue weighted by Crippen LogP contribution is 2.36. The molecule has 0 aromatic carbocycles. The van der Waals surface area contributed by atoms with Crippen LogP contribution in [0.4, 0.5) is 0 Å². The van der Waals surface area contributed by atoms with E-state index >= 15 is 0 Å². The number of hydrogen-bond donors (Lipinski definition) is 2. The molecule has 0 saturated heterocycles. The van der Waals surface area contributed by atoms with Crippen LogP contribution in [0.1, 0.15) is 78.1 Å². The molecule has 0 unspecified atom stereocenters. The minimum Gasteiger partial charge on any atom is -0.329 e. The van der Waals surface area contributed by atoms with Crippen LogP contribution in [0.2, 0.25) is 0 Å². The average molecular weight is 266 g/mol. The lowest BCUT2D eigenvalue weighted by atomic mass is 9.72. The smallest absolute Gasteiger partial charge is 0.0306 e. The van der Waals surface area contributed by atoms with Crippen LogP contribution in [0.15, 0.2) is 0 Å². The highest BCUT2D eigenvalue weighted by Gasteiger charge is 2.36. The van der Waals surface area contributed by atoms with Crippen LogP contribution in [0.5, 0.6) is 0 Å². The predicted molar refractivity (Wildman–Crippen MR) is 83.2 cm³/mol. The summed E-state index contributed by atoms with van der Waals surface area (Å²) in [4.78, 5) is 0. The van der Waals surface area contributed by atoms with Crippen molar-refractivity contribution in [1.82, 2.24) is 5.32 Å². The van der Waals surface area contributed by atoms with E-state index in [-0.39, 0.29) is 5.54 Å². The summed E-state index contributed by atoms with van der Waals surface area (Å²) in [6.45, 7) is 5.58. The van der Waals surface area contributed by atoms with E-state index in [9.17, 15) is 0 Å². The molecule has 2 nitrogen and oxygen atoms in total. The van der Waals surface area contributed by atoms with Gasteiger partial charge in [0.15, 0.2) is 0 Å². The van der Waals surface area contributed by atoms with Crippen LogP contribution < -0.4 is 11.1 Å². The minimum atomic E-state index is 0.264. The first kappa shape index (κ1) is 15.3. The summed E-state index contributed by atoms with van der Waals surface area (Å²) >= 11 is 0. The molecule has 0 amide bonds. The van der Waals surface area contributed by atoms with E-state index in [4.69, 9.17) is 5.73 Å². The molecule has 2 rings (SSSR count). The molecule has 2 saturated carbocycles. The molecule has 0 aliphatic heterocycles. The van der Waals surface area contributed by atoms with Gasteiger partial charge in [-0.15, -0.1) is 0 Å². The Morgan fingerprint density at radius 3 is 2.05 bits per heavy atom. The highest BCUT2D eigenvalue weighted by molar-refractivity contribution is 4.96. The van der Waals surface area contributed by atoms with Crippen LogP contribution in [0.3, 0.4) is 0 Å². The van der Waals surface area contributed by atoms with Gasteiger partial charge in [-0.2, -0.15) is 0 Å². The fourth-order valence-electron chi connectivity index (χ4n) is 4.12. The van der Waals surface area contributed by atoms with E-state index in [2.05, 4.69) is 19.2 Å². The maximum atomic E-state index is 6.15. The Bertz CT molecular complexity index is 246. The first-order valence-corrected chi connectivity index (χ1v) is 8.63. The average Bonchev–Trinajstić information content (AvgIpc) is 2.68. The van der Waals surface area contributed by atoms with Crippen molar-refractivity contribution in [2.24, 2.45) is 17.6 Å². The predicted octanol–water partition coefficient (Wildman–Crippen LogP) is 3.84. The Morgan fingerprint density at radius 1 is 1.00 bits per heavy atom. The van der Waals surface area contributed by atoms with E-state index in [1.807, 2.05) is 0 Å². The molecule has 3 N–H and O–H groups in total. The monoisotopic (exact) mass is 266 g/mol. The van der Waals surface area contributed by atoms with Crippen LogP contribution in [-0.4, -0.2) is 18.1 Å². The summed E-state index contributed by atoms with van der Waals surface area (Å²) < 4.78 is 0. The van der Waals surface area contributed by atoms with Gasteiger partial charge in [-0.1, -0.05) is 39.5 Å². The molecule has 2 fully saturated rings. The zero-order valence-electron chi connectivity index (χ0n) is 13.1. The molecule has 19 heavy (non-hydrogen) atoms. The molecular formula is C17H34N2. The van der Waals surface area contributed by atoms with Gasteiger partial charge in [-0.3, -0.25) is 0 Å². The van der Waals surface area contributed by atoms with Gasteiger partial charge in [0.2, 0.25) is 0 Å². The molecule has 2 aliphatic carbocycles. The van der Waals surface area contributed by atoms with Crippen LogP contribution >= 0.6 is 0 Å². The SMILES string of the molecule is CC(C)C1CCC(CN)(NC2CCCCCC2)CC1. The van der Waals surface area contributed by atoms with Crippen LogP contribution in [-0.2, 0) is 0 Å². The molecule has 0 bridgehead atoms. The quantitative estimate of drug-likeness (QED) is 0.759. The Balaban J connectivity index is 1.88. The molecule has 0 radical (unpaired) electrons. The summed E-state index contributed by atoms with van der Waals surface area (Å²) in [7, 11) is 0. The zero-order chi connectivity index (χ0) is 13.7. The highest BCUT2D eigenvalue weighted by atomic mass is 15.0. The maximum Gasteiger partial charge on any atom is 0.0306 e. The second kappa shape index (κ2) is 7.08. The van der Waals surface area contributed by atoms with Gasteiger partial charge in [0, 0.05) is 18.1 Å². The summed E-state index contributed by atoms with van der Waals surface area (Å²) in [6.07, 6.45) is 13.8. The first-order valence-electron chi connectivity index (χ1n) is 8.63. The van der Waals surface area contributed by atoms with Gasteiger partial charge in [0.05, 0.1) is 0 Å². The van der Waals surface area contributed by atoms with Crippen molar-refractivity contribution in [2.45, 2.75) is 89.6 Å². The summed E-state index contributed by atoms with van der Waals surface area (Å²) in [5.74, 6) is 1.77. The summed E-state index contributed by atoms with van der Waals surface area (Å²) in [5.41, 5.74) is 6.42. The maximum absolute atomic E-state index is 6.15. The fraction of sp³-hybridized carbons (Fsp3) is 1.00. The van der Waals surface area contributed by atoms with E-state index < -0.39 is 0 Å². The minimum absolute atomic E-state index is 0.264. The van der Waals surface area contributed by atoms with Crippen molar-refractivity contribution in [3.63, 3.8) is 0 Å². The third-order valence-electron chi connectivity index (χ3n) is 5.69. The number of nitrogens with one attached hydrogen (secondary N) is 1. The molecule has 2 heteroatoms. The summed E-state index contributed by atoms with van der Waals surface area (Å²) in [6, 6.07) is 0.738. The van der Waals surface area contributed by atoms with Crippen molar-refractivity contribution in [3.05, 3.63) is 0 Å². The number of rotatable bonds is 4. The Hall–Kier alpha value is -0.0800. The van der Waals surface area contributed by atoms with Gasteiger partial charge in [0.1, 0.15) is 0 Å². The van der Waals surface area contributed by atoms with Crippen molar-refractivity contribution in [3.8, 4) is 0 Å². The molecule has 0 spiro atoms. The van der Waals surface area contributed by atoms with Crippen molar-refractivity contribution in [1.29, 1.82) is 0 Å². The molecule has 0 aromatic heterocycles. The first-order chi connectivity index (χ1) is 9.15. The molecular weight excluding hydrogens is 232 g/mol. The summed E-state index contributed by atoms with van der Waals surface area (Å²) in [5, 5.41) is 4.00. The largest absolute Gasteiger partial charge is 0.329 e. The van der Waals surface area contributed by atoms with Crippen molar-refractivity contribution in [2.75, 3.05) is 6.54 Å². The molecule has 0 atom stereocenters. The third kappa shape index (κ3) is 4.19. The lowest BCUT2D eigenvalue weighted by Gasteiger charge is -2.43. The Morgan fingerprint density at radius 2 is 1.58 bits per heavy atom. The van der Waals surface area contributed by atoms with E-state index in [0.717, 1.165) is 24.4 Å². The second-order valence-electron chi connectivity index (χ2n) is 7.40. The standard InChI is InChI=1S/C17H34N2/c1-14(2)15-9-11-17(13-18,12-10-15)19-16-7-5-3-4-6-8-16/h14-16,19H,3-13,18H2,1-2H3. The third-order valence-corrected chi connectivity index (χ3v) is 5.69. The zero-order valence-corrected chi connectivity index (χ0v) is 13.1. The topological polar surface area (TPSA) is 38.0 Å². The van der Waals surface area contributed by atoms with Crippen LogP contribution in [0, 0.1) is 11.8 Å². The Kier molecular flexibility index (Phi) is 5.70. The van der Waals surface area contributed by atoms with E-state index in [0.29, 0.717) is 0 Å². The van der Waals surface area contributed by atoms with Crippen molar-refractivity contribution >= 4 is 0 Å². The normalized spacial score (nSPS) is 34.4. The number of hydrogen-bond acceptors (Lipinski definition) is 2.